The van der Waals surface area contributed by atoms with E-state index in [-0.39, 0.29) is 0 Å². The van der Waals surface area contributed by atoms with E-state index in [2.05, 4.69) is 5.32 Å². The third kappa shape index (κ3) is 2.61. The van der Waals surface area contributed by atoms with Crippen LogP contribution in [0.4, 0.5) is 14.5 Å². The molecule has 0 bridgehead atoms. The first-order valence-electron chi connectivity index (χ1n) is 6.87. The average Bonchev–Trinajstić information content (AvgIpc) is 2.86. The highest BCUT2D eigenvalue weighted by atomic mass is 19.2. The van der Waals surface area contributed by atoms with Gasteiger partial charge in [-0.05, 0) is 18.2 Å². The number of aryl methyl sites for hydroxylation is 1. The SMILES string of the molecule is CCc1oc2ccccc2c1CNc1ccc(F)c(F)c1. The second-order valence-corrected chi connectivity index (χ2v) is 4.84. The fraction of sp³-hybridized carbons (Fsp3) is 0.176. The van der Waals surface area contributed by atoms with Crippen LogP contribution < -0.4 is 5.32 Å². The lowest BCUT2D eigenvalue weighted by atomic mass is 10.1. The Morgan fingerprint density at radius 2 is 1.86 bits per heavy atom. The summed E-state index contributed by atoms with van der Waals surface area (Å²) in [5, 5.41) is 4.16. The van der Waals surface area contributed by atoms with Crippen molar-refractivity contribution in [1.29, 1.82) is 0 Å². The molecule has 0 atom stereocenters. The highest BCUT2D eigenvalue weighted by molar-refractivity contribution is 5.82. The van der Waals surface area contributed by atoms with Crippen LogP contribution in [-0.2, 0) is 13.0 Å². The van der Waals surface area contributed by atoms with Gasteiger partial charge in [0.15, 0.2) is 11.6 Å². The van der Waals surface area contributed by atoms with Crippen LogP contribution in [0.3, 0.4) is 0 Å². The lowest BCUT2D eigenvalue weighted by Crippen LogP contribution is -2.01. The molecule has 1 N–H and O–H groups in total. The summed E-state index contributed by atoms with van der Waals surface area (Å²) in [6.45, 7) is 2.53. The second-order valence-electron chi connectivity index (χ2n) is 4.84. The molecule has 0 fully saturated rings. The van der Waals surface area contributed by atoms with Crippen molar-refractivity contribution < 1.29 is 13.2 Å². The van der Waals surface area contributed by atoms with E-state index in [0.29, 0.717) is 12.2 Å². The number of anilines is 1. The fourth-order valence-electron chi connectivity index (χ4n) is 2.43. The lowest BCUT2D eigenvalue weighted by molar-refractivity contribution is 0.509. The van der Waals surface area contributed by atoms with Gasteiger partial charge in [-0.1, -0.05) is 25.1 Å². The molecule has 0 saturated heterocycles. The number of para-hydroxylation sites is 1. The lowest BCUT2D eigenvalue weighted by Gasteiger charge is -2.07. The van der Waals surface area contributed by atoms with E-state index in [1.165, 1.54) is 6.07 Å². The zero-order valence-corrected chi connectivity index (χ0v) is 11.6. The van der Waals surface area contributed by atoms with Gasteiger partial charge in [0.2, 0.25) is 0 Å². The van der Waals surface area contributed by atoms with Crippen LogP contribution in [0.1, 0.15) is 18.2 Å². The molecule has 1 aromatic heterocycles. The van der Waals surface area contributed by atoms with Gasteiger partial charge in [0.25, 0.3) is 0 Å². The van der Waals surface area contributed by atoms with Crippen molar-refractivity contribution >= 4 is 16.7 Å². The first-order chi connectivity index (χ1) is 10.2. The average molecular weight is 287 g/mol. The van der Waals surface area contributed by atoms with Gasteiger partial charge in [0, 0.05) is 35.7 Å². The van der Waals surface area contributed by atoms with Crippen LogP contribution in [-0.4, -0.2) is 0 Å². The smallest absolute Gasteiger partial charge is 0.160 e. The number of benzene rings is 2. The largest absolute Gasteiger partial charge is 0.461 e. The minimum absolute atomic E-state index is 0.505. The molecule has 0 spiro atoms. The highest BCUT2D eigenvalue weighted by Crippen LogP contribution is 2.27. The zero-order chi connectivity index (χ0) is 14.8. The Morgan fingerprint density at radius 1 is 1.05 bits per heavy atom. The summed E-state index contributed by atoms with van der Waals surface area (Å²) >= 11 is 0. The quantitative estimate of drug-likeness (QED) is 0.739. The van der Waals surface area contributed by atoms with Gasteiger partial charge >= 0.3 is 0 Å². The van der Waals surface area contributed by atoms with Gasteiger partial charge in [0.1, 0.15) is 11.3 Å². The monoisotopic (exact) mass is 287 g/mol. The van der Waals surface area contributed by atoms with Crippen LogP contribution in [0.5, 0.6) is 0 Å². The Balaban J connectivity index is 1.89. The van der Waals surface area contributed by atoms with Crippen LogP contribution in [0.2, 0.25) is 0 Å². The van der Waals surface area contributed by atoms with Crippen molar-refractivity contribution in [3.05, 3.63) is 65.4 Å². The second kappa shape index (κ2) is 5.56. The molecule has 108 valence electrons. The maximum Gasteiger partial charge on any atom is 0.160 e. The number of hydrogen-bond donors (Lipinski definition) is 1. The minimum atomic E-state index is -0.854. The normalized spacial score (nSPS) is 11.0. The zero-order valence-electron chi connectivity index (χ0n) is 11.6. The van der Waals surface area contributed by atoms with E-state index in [4.69, 9.17) is 4.42 Å². The van der Waals surface area contributed by atoms with Gasteiger partial charge in [-0.25, -0.2) is 8.78 Å². The predicted molar refractivity (Wildman–Crippen MR) is 79.3 cm³/mol. The summed E-state index contributed by atoms with van der Waals surface area (Å²) in [4.78, 5) is 0. The van der Waals surface area contributed by atoms with Crippen molar-refractivity contribution in [2.45, 2.75) is 19.9 Å². The Morgan fingerprint density at radius 3 is 2.62 bits per heavy atom. The van der Waals surface area contributed by atoms with E-state index in [1.807, 2.05) is 31.2 Å². The third-order valence-electron chi connectivity index (χ3n) is 3.49. The van der Waals surface area contributed by atoms with E-state index in [0.717, 1.165) is 40.8 Å². The molecule has 3 aromatic rings. The topological polar surface area (TPSA) is 25.2 Å². The van der Waals surface area contributed by atoms with E-state index in [1.54, 1.807) is 0 Å². The molecule has 2 nitrogen and oxygen atoms in total. The molecule has 0 radical (unpaired) electrons. The maximum absolute atomic E-state index is 13.2. The number of rotatable bonds is 4. The highest BCUT2D eigenvalue weighted by Gasteiger charge is 2.12. The standard InChI is InChI=1S/C17H15F2NO/c1-2-16-13(12-5-3-4-6-17(12)21-16)10-20-11-7-8-14(18)15(19)9-11/h3-9,20H,2,10H2,1H3. The van der Waals surface area contributed by atoms with Gasteiger partial charge in [-0.15, -0.1) is 0 Å². The molecular weight excluding hydrogens is 272 g/mol. The molecule has 0 aliphatic heterocycles. The first kappa shape index (κ1) is 13.6. The van der Waals surface area contributed by atoms with Crippen LogP contribution in [0.25, 0.3) is 11.0 Å². The van der Waals surface area contributed by atoms with Gasteiger partial charge < -0.3 is 9.73 Å². The van der Waals surface area contributed by atoms with Gasteiger partial charge in [-0.3, -0.25) is 0 Å². The minimum Gasteiger partial charge on any atom is -0.461 e. The Bertz CT molecular complexity index is 780. The Kier molecular flexibility index (Phi) is 3.60. The molecule has 0 aliphatic rings. The molecule has 0 aliphatic carbocycles. The molecule has 3 rings (SSSR count). The van der Waals surface area contributed by atoms with Crippen LogP contribution >= 0.6 is 0 Å². The van der Waals surface area contributed by atoms with Gasteiger partial charge in [-0.2, -0.15) is 0 Å². The molecule has 1 heterocycles. The predicted octanol–water partition coefficient (Wildman–Crippen LogP) is 4.89. The Hall–Kier alpha value is -2.36. The fourth-order valence-corrected chi connectivity index (χ4v) is 2.43. The van der Waals surface area contributed by atoms with Crippen molar-refractivity contribution in [3.63, 3.8) is 0 Å². The number of halogens is 2. The van der Waals surface area contributed by atoms with E-state index < -0.39 is 11.6 Å². The Labute approximate surface area is 121 Å². The maximum atomic E-state index is 13.2. The molecule has 0 amide bonds. The molecule has 2 aromatic carbocycles. The number of fused-ring (bicyclic) bond motifs is 1. The number of hydrogen-bond acceptors (Lipinski definition) is 2. The van der Waals surface area contributed by atoms with Crippen molar-refractivity contribution in [2.24, 2.45) is 0 Å². The summed E-state index contributed by atoms with van der Waals surface area (Å²) in [5.74, 6) is -0.789. The molecule has 21 heavy (non-hydrogen) atoms. The molecule has 4 heteroatoms. The first-order valence-corrected chi connectivity index (χ1v) is 6.87. The summed E-state index contributed by atoms with van der Waals surface area (Å²) in [7, 11) is 0. The van der Waals surface area contributed by atoms with Crippen molar-refractivity contribution in [1.82, 2.24) is 0 Å². The number of nitrogens with one attached hydrogen (secondary N) is 1. The third-order valence-corrected chi connectivity index (χ3v) is 3.49. The summed E-state index contributed by atoms with van der Waals surface area (Å²) in [6, 6.07) is 11.6. The van der Waals surface area contributed by atoms with Gasteiger partial charge in [0.05, 0.1) is 0 Å². The molecule has 0 saturated carbocycles. The molecule has 0 unspecified atom stereocenters. The van der Waals surface area contributed by atoms with Crippen LogP contribution in [0, 0.1) is 11.6 Å². The number of furan rings is 1. The van der Waals surface area contributed by atoms with E-state index in [9.17, 15) is 8.78 Å². The molecular formula is C17H15F2NO. The van der Waals surface area contributed by atoms with Crippen molar-refractivity contribution in [2.75, 3.05) is 5.32 Å². The summed E-state index contributed by atoms with van der Waals surface area (Å²) in [6.07, 6.45) is 0.781. The summed E-state index contributed by atoms with van der Waals surface area (Å²) in [5.41, 5.74) is 2.44. The summed E-state index contributed by atoms with van der Waals surface area (Å²) < 4.78 is 31.9. The van der Waals surface area contributed by atoms with E-state index >= 15 is 0 Å². The van der Waals surface area contributed by atoms with Crippen molar-refractivity contribution in [3.8, 4) is 0 Å². The van der Waals surface area contributed by atoms with Crippen LogP contribution in [0.15, 0.2) is 46.9 Å².